The predicted octanol–water partition coefficient (Wildman–Crippen LogP) is 4.60. The van der Waals surface area contributed by atoms with E-state index in [1.807, 2.05) is 28.0 Å². The van der Waals surface area contributed by atoms with Crippen LogP contribution in [-0.2, 0) is 24.3 Å². The van der Waals surface area contributed by atoms with E-state index in [1.54, 1.807) is 18.4 Å². The zero-order chi connectivity index (χ0) is 25.5. The molecule has 0 radical (unpaired) electrons. The lowest BCUT2D eigenvalue weighted by Gasteiger charge is -2.35. The molecule has 2 aromatic carbocycles. The first kappa shape index (κ1) is 25.1. The number of aromatic nitrogens is 2. The van der Waals surface area contributed by atoms with E-state index < -0.39 is 0 Å². The van der Waals surface area contributed by atoms with Crippen molar-refractivity contribution in [3.63, 3.8) is 0 Å². The first-order chi connectivity index (χ1) is 18.1. The van der Waals surface area contributed by atoms with Gasteiger partial charge in [0.25, 0.3) is 0 Å². The number of rotatable bonds is 10. The molecule has 1 fully saturated rings. The van der Waals surface area contributed by atoms with Gasteiger partial charge in [0.15, 0.2) is 0 Å². The minimum absolute atomic E-state index is 0.153. The topological polar surface area (TPSA) is 65.7 Å². The number of benzene rings is 2. The number of halogens is 1. The largest absolute Gasteiger partial charge is 0.467 e. The van der Waals surface area contributed by atoms with Crippen molar-refractivity contribution >= 4 is 22.6 Å². The average molecular weight is 520 g/mol. The Bertz CT molecular complexity index is 1260. The Labute approximate surface area is 220 Å². The van der Waals surface area contributed by atoms with Gasteiger partial charge in [-0.3, -0.25) is 9.69 Å². The highest BCUT2D eigenvalue weighted by Crippen LogP contribution is 2.22. The van der Waals surface area contributed by atoms with Crippen LogP contribution in [0.1, 0.15) is 29.1 Å². The SMILES string of the molecule is O=C(CCN(Cc1ccco1)c1nc(Cc2ccc(F)cc2)ns1)N1CCN(Cc2ccccc2)CC1. The molecule has 5 rings (SSSR count). The number of anilines is 1. The summed E-state index contributed by atoms with van der Waals surface area (Å²) in [6.45, 7) is 5.18. The summed E-state index contributed by atoms with van der Waals surface area (Å²) in [5.74, 6) is 1.37. The number of carbonyl (C=O) groups excluding carboxylic acids is 1. The maximum Gasteiger partial charge on any atom is 0.224 e. The molecular formula is C28H30FN5O2S. The molecule has 0 unspecified atom stereocenters. The molecule has 0 saturated carbocycles. The predicted molar refractivity (Wildman–Crippen MR) is 142 cm³/mol. The minimum Gasteiger partial charge on any atom is -0.467 e. The van der Waals surface area contributed by atoms with Gasteiger partial charge in [-0.15, -0.1) is 0 Å². The second-order valence-corrected chi connectivity index (χ2v) is 9.92. The van der Waals surface area contributed by atoms with E-state index >= 15 is 0 Å². The molecule has 0 N–H and O–H groups in total. The lowest BCUT2D eigenvalue weighted by Crippen LogP contribution is -2.48. The Morgan fingerprint density at radius 1 is 0.973 bits per heavy atom. The fraction of sp³-hybridized carbons (Fsp3) is 0.321. The second-order valence-electron chi connectivity index (χ2n) is 9.19. The molecule has 1 aliphatic rings. The van der Waals surface area contributed by atoms with Crippen molar-refractivity contribution < 1.29 is 13.6 Å². The van der Waals surface area contributed by atoms with Gasteiger partial charge in [-0.25, -0.2) is 9.37 Å². The number of hydrogen-bond donors (Lipinski definition) is 0. The van der Waals surface area contributed by atoms with E-state index in [4.69, 9.17) is 9.40 Å². The highest BCUT2D eigenvalue weighted by atomic mass is 32.1. The lowest BCUT2D eigenvalue weighted by molar-refractivity contribution is -0.132. The van der Waals surface area contributed by atoms with Crippen molar-refractivity contribution in [2.45, 2.75) is 25.9 Å². The van der Waals surface area contributed by atoms with Crippen molar-refractivity contribution in [2.24, 2.45) is 0 Å². The summed E-state index contributed by atoms with van der Waals surface area (Å²) in [5.41, 5.74) is 2.25. The molecule has 0 atom stereocenters. The second kappa shape index (κ2) is 12.1. The van der Waals surface area contributed by atoms with Crippen LogP contribution in [0, 0.1) is 5.82 Å². The molecule has 37 heavy (non-hydrogen) atoms. The Balaban J connectivity index is 1.17. The van der Waals surface area contributed by atoms with Crippen LogP contribution < -0.4 is 4.90 Å². The van der Waals surface area contributed by atoms with E-state index in [-0.39, 0.29) is 11.7 Å². The van der Waals surface area contributed by atoms with Gasteiger partial charge in [0.1, 0.15) is 17.4 Å². The standard InChI is InChI=1S/C28H30FN5O2S/c29-24-10-8-22(9-11-24)19-26-30-28(37-31-26)34(21-25-7-4-18-36-25)13-12-27(35)33-16-14-32(15-17-33)20-23-5-2-1-3-6-23/h1-11,18H,12-17,19-21H2. The van der Waals surface area contributed by atoms with Gasteiger partial charge in [-0.05, 0) is 35.4 Å². The molecule has 1 saturated heterocycles. The number of furan rings is 1. The highest BCUT2D eigenvalue weighted by molar-refractivity contribution is 7.09. The third-order valence-corrected chi connectivity index (χ3v) is 7.31. The zero-order valence-corrected chi connectivity index (χ0v) is 21.4. The van der Waals surface area contributed by atoms with Crippen molar-refractivity contribution in [2.75, 3.05) is 37.6 Å². The quantitative estimate of drug-likeness (QED) is 0.305. The van der Waals surface area contributed by atoms with Crippen LogP contribution in [0.5, 0.6) is 0 Å². The third-order valence-electron chi connectivity index (χ3n) is 6.50. The van der Waals surface area contributed by atoms with Gasteiger partial charge in [0.05, 0.1) is 12.8 Å². The van der Waals surface area contributed by atoms with Crippen molar-refractivity contribution in [1.29, 1.82) is 0 Å². The number of amides is 1. The first-order valence-corrected chi connectivity index (χ1v) is 13.3. The normalized spacial score (nSPS) is 14.1. The van der Waals surface area contributed by atoms with Gasteiger partial charge in [-0.1, -0.05) is 42.5 Å². The summed E-state index contributed by atoms with van der Waals surface area (Å²) in [6.07, 6.45) is 2.57. The minimum atomic E-state index is -0.262. The van der Waals surface area contributed by atoms with Crippen LogP contribution in [0.15, 0.2) is 77.4 Å². The molecule has 1 amide bonds. The summed E-state index contributed by atoms with van der Waals surface area (Å²) in [6, 6.07) is 20.6. The van der Waals surface area contributed by atoms with Crippen molar-refractivity contribution in [1.82, 2.24) is 19.2 Å². The Hall–Kier alpha value is -3.56. The molecule has 0 spiro atoms. The van der Waals surface area contributed by atoms with Crippen LogP contribution in [0.25, 0.3) is 0 Å². The van der Waals surface area contributed by atoms with Crippen molar-refractivity contribution in [3.8, 4) is 0 Å². The molecule has 0 bridgehead atoms. The van der Waals surface area contributed by atoms with E-state index in [1.165, 1.54) is 29.2 Å². The van der Waals surface area contributed by atoms with E-state index in [0.29, 0.717) is 31.8 Å². The van der Waals surface area contributed by atoms with Gasteiger partial charge < -0.3 is 14.2 Å². The Morgan fingerprint density at radius 3 is 2.49 bits per heavy atom. The van der Waals surface area contributed by atoms with Crippen LogP contribution in [0.3, 0.4) is 0 Å². The van der Waals surface area contributed by atoms with Crippen LogP contribution in [-0.4, -0.2) is 57.8 Å². The van der Waals surface area contributed by atoms with E-state index in [0.717, 1.165) is 49.2 Å². The van der Waals surface area contributed by atoms with Crippen LogP contribution >= 0.6 is 11.5 Å². The maximum atomic E-state index is 13.2. The molecule has 4 aromatic rings. The summed E-state index contributed by atoms with van der Waals surface area (Å²) in [7, 11) is 0. The number of piperazine rings is 1. The monoisotopic (exact) mass is 519 g/mol. The van der Waals surface area contributed by atoms with Gasteiger partial charge in [-0.2, -0.15) is 4.37 Å². The number of hydrogen-bond acceptors (Lipinski definition) is 7. The zero-order valence-electron chi connectivity index (χ0n) is 20.6. The highest BCUT2D eigenvalue weighted by Gasteiger charge is 2.23. The smallest absolute Gasteiger partial charge is 0.224 e. The van der Waals surface area contributed by atoms with Crippen LogP contribution in [0.2, 0.25) is 0 Å². The number of carbonyl (C=O) groups is 1. The molecule has 3 heterocycles. The fourth-order valence-electron chi connectivity index (χ4n) is 4.45. The molecular weight excluding hydrogens is 489 g/mol. The molecule has 1 aliphatic heterocycles. The summed E-state index contributed by atoms with van der Waals surface area (Å²) in [5, 5.41) is 0.744. The van der Waals surface area contributed by atoms with Gasteiger partial charge in [0.2, 0.25) is 11.0 Å². The molecule has 7 nitrogen and oxygen atoms in total. The maximum absolute atomic E-state index is 13.2. The van der Waals surface area contributed by atoms with Crippen LogP contribution in [0.4, 0.5) is 9.52 Å². The Morgan fingerprint density at radius 2 is 1.76 bits per heavy atom. The van der Waals surface area contributed by atoms with E-state index in [2.05, 4.69) is 33.5 Å². The summed E-state index contributed by atoms with van der Waals surface area (Å²) in [4.78, 5) is 24.2. The molecule has 2 aromatic heterocycles. The molecule has 0 aliphatic carbocycles. The van der Waals surface area contributed by atoms with E-state index in [9.17, 15) is 9.18 Å². The molecule has 9 heteroatoms. The van der Waals surface area contributed by atoms with Crippen molar-refractivity contribution in [3.05, 3.63) is 102 Å². The summed E-state index contributed by atoms with van der Waals surface area (Å²) >= 11 is 1.31. The Kier molecular flexibility index (Phi) is 8.22. The van der Waals surface area contributed by atoms with Gasteiger partial charge >= 0.3 is 0 Å². The average Bonchev–Trinajstić information content (AvgIpc) is 3.61. The number of nitrogens with zero attached hydrogens (tertiary/aromatic N) is 5. The molecule has 192 valence electrons. The van der Waals surface area contributed by atoms with Gasteiger partial charge in [0, 0.05) is 63.6 Å². The summed E-state index contributed by atoms with van der Waals surface area (Å²) < 4.78 is 23.3. The first-order valence-electron chi connectivity index (χ1n) is 12.5. The lowest BCUT2D eigenvalue weighted by atomic mass is 10.1. The third kappa shape index (κ3) is 7.02. The fourth-order valence-corrected chi connectivity index (χ4v) is 5.16.